The predicted octanol–water partition coefficient (Wildman–Crippen LogP) is 4.40. The number of aromatic nitrogens is 3. The Kier molecular flexibility index (Phi) is 4.98. The van der Waals surface area contributed by atoms with Crippen LogP contribution in [0.4, 0.5) is 23.1 Å². The molecule has 27 heavy (non-hydrogen) atoms. The van der Waals surface area contributed by atoms with E-state index in [1.54, 1.807) is 24.4 Å². The number of rotatable bonds is 5. The lowest BCUT2D eigenvalue weighted by Crippen LogP contribution is -2.27. The summed E-state index contributed by atoms with van der Waals surface area (Å²) in [5, 5.41) is 17.2. The number of pyridine rings is 1. The topological polar surface area (TPSA) is 106 Å². The van der Waals surface area contributed by atoms with Crippen LogP contribution in [0.1, 0.15) is 20.8 Å². The molecule has 0 unspecified atom stereocenters. The normalized spacial score (nSPS) is 11.1. The van der Waals surface area contributed by atoms with Crippen molar-refractivity contribution >= 4 is 23.1 Å². The second-order valence-electron chi connectivity index (χ2n) is 6.98. The molecule has 0 aliphatic heterocycles. The molecule has 0 saturated heterocycles. The van der Waals surface area contributed by atoms with Crippen molar-refractivity contribution in [1.82, 2.24) is 15.0 Å². The highest BCUT2D eigenvalue weighted by Crippen LogP contribution is 2.24. The summed E-state index contributed by atoms with van der Waals surface area (Å²) >= 11 is 0. The summed E-state index contributed by atoms with van der Waals surface area (Å²) in [4.78, 5) is 23.8. The first-order valence-electron chi connectivity index (χ1n) is 8.40. The molecule has 0 fully saturated rings. The summed E-state index contributed by atoms with van der Waals surface area (Å²) in [6.45, 7) is 6.06. The molecule has 3 rings (SSSR count). The zero-order chi connectivity index (χ0) is 19.4. The Balaban J connectivity index is 1.95. The summed E-state index contributed by atoms with van der Waals surface area (Å²) in [5.41, 5.74) is 1.90. The first-order chi connectivity index (χ1) is 12.8. The molecule has 1 aromatic carbocycles. The minimum atomic E-state index is -0.432. The van der Waals surface area contributed by atoms with Crippen molar-refractivity contribution in [3.63, 3.8) is 0 Å². The van der Waals surface area contributed by atoms with Gasteiger partial charge in [-0.15, -0.1) is 0 Å². The largest absolute Gasteiger partial charge is 0.350 e. The van der Waals surface area contributed by atoms with Crippen molar-refractivity contribution in [2.24, 2.45) is 0 Å². The average molecular weight is 364 g/mol. The fourth-order valence-corrected chi connectivity index (χ4v) is 2.36. The van der Waals surface area contributed by atoms with E-state index in [9.17, 15) is 10.1 Å². The summed E-state index contributed by atoms with van der Waals surface area (Å²) in [6.07, 6.45) is 1.71. The van der Waals surface area contributed by atoms with Gasteiger partial charge in [0.2, 0.25) is 5.95 Å². The van der Waals surface area contributed by atoms with Crippen LogP contribution in [-0.2, 0) is 0 Å². The van der Waals surface area contributed by atoms with Gasteiger partial charge in [0.05, 0.1) is 16.3 Å². The molecule has 0 atom stereocenters. The Morgan fingerprint density at radius 2 is 1.74 bits per heavy atom. The van der Waals surface area contributed by atoms with Gasteiger partial charge in [-0.05, 0) is 45.0 Å². The maximum Gasteiger partial charge on any atom is 0.269 e. The molecule has 0 amide bonds. The van der Waals surface area contributed by atoms with Gasteiger partial charge >= 0.3 is 0 Å². The Morgan fingerprint density at radius 3 is 2.33 bits per heavy atom. The Labute approximate surface area is 156 Å². The molecular formula is C19H20N6O2. The lowest BCUT2D eigenvalue weighted by Gasteiger charge is -2.21. The zero-order valence-corrected chi connectivity index (χ0v) is 15.3. The highest BCUT2D eigenvalue weighted by molar-refractivity contribution is 5.65. The number of nitro benzene ring substituents is 1. The van der Waals surface area contributed by atoms with Gasteiger partial charge in [-0.25, -0.2) is 4.98 Å². The number of nitrogens with one attached hydrogen (secondary N) is 2. The maximum atomic E-state index is 10.8. The maximum absolute atomic E-state index is 10.8. The highest BCUT2D eigenvalue weighted by atomic mass is 16.6. The molecular weight excluding hydrogens is 344 g/mol. The number of benzene rings is 1. The molecule has 3 aromatic rings. The molecule has 0 saturated carbocycles. The summed E-state index contributed by atoms with van der Waals surface area (Å²) < 4.78 is 0. The molecule has 0 bridgehead atoms. The van der Waals surface area contributed by atoms with E-state index in [0.29, 0.717) is 23.1 Å². The minimum Gasteiger partial charge on any atom is -0.350 e. The standard InChI is InChI=1S/C19H20N6O2/c1-19(2,3)24-18-22-16(15-6-4-5-11-20-15)12-17(23-18)21-13-7-9-14(10-8-13)25(26)27/h4-12H,1-3H3,(H2,21,22,23,24). The second-order valence-corrected chi connectivity index (χ2v) is 6.98. The number of hydrogen-bond donors (Lipinski definition) is 2. The molecule has 0 spiro atoms. The number of nitro groups is 1. The second kappa shape index (κ2) is 7.36. The number of non-ortho nitro benzene ring substituents is 1. The van der Waals surface area contributed by atoms with Crippen LogP contribution in [0, 0.1) is 10.1 Å². The van der Waals surface area contributed by atoms with E-state index in [1.807, 2.05) is 39.0 Å². The van der Waals surface area contributed by atoms with Gasteiger partial charge in [-0.2, -0.15) is 4.98 Å². The van der Waals surface area contributed by atoms with Crippen LogP contribution in [0.15, 0.2) is 54.7 Å². The summed E-state index contributed by atoms with van der Waals surface area (Å²) in [6, 6.07) is 13.6. The number of anilines is 3. The van der Waals surface area contributed by atoms with Crippen LogP contribution >= 0.6 is 0 Å². The Hall–Kier alpha value is -3.55. The number of nitrogens with zero attached hydrogens (tertiary/aromatic N) is 4. The van der Waals surface area contributed by atoms with Gasteiger partial charge in [0.15, 0.2) is 0 Å². The van der Waals surface area contributed by atoms with E-state index in [-0.39, 0.29) is 11.2 Å². The van der Waals surface area contributed by atoms with Crippen molar-refractivity contribution in [2.45, 2.75) is 26.3 Å². The van der Waals surface area contributed by atoms with E-state index < -0.39 is 4.92 Å². The molecule has 138 valence electrons. The lowest BCUT2D eigenvalue weighted by molar-refractivity contribution is -0.384. The Morgan fingerprint density at radius 1 is 1.00 bits per heavy atom. The third-order valence-electron chi connectivity index (χ3n) is 3.49. The quantitative estimate of drug-likeness (QED) is 0.510. The van der Waals surface area contributed by atoms with Crippen molar-refractivity contribution in [1.29, 1.82) is 0 Å². The SMILES string of the molecule is CC(C)(C)Nc1nc(Nc2ccc([N+](=O)[O-])cc2)cc(-c2ccccn2)n1. The molecule has 2 heterocycles. The third kappa shape index (κ3) is 4.97. The Bertz CT molecular complexity index is 937. The molecule has 0 aliphatic carbocycles. The summed E-state index contributed by atoms with van der Waals surface area (Å²) in [7, 11) is 0. The van der Waals surface area contributed by atoms with Crippen molar-refractivity contribution < 1.29 is 4.92 Å². The van der Waals surface area contributed by atoms with Crippen molar-refractivity contribution in [2.75, 3.05) is 10.6 Å². The van der Waals surface area contributed by atoms with Gasteiger partial charge in [0.25, 0.3) is 5.69 Å². The molecule has 0 radical (unpaired) electrons. The third-order valence-corrected chi connectivity index (χ3v) is 3.49. The minimum absolute atomic E-state index is 0.0347. The molecule has 2 aromatic heterocycles. The van der Waals surface area contributed by atoms with Gasteiger partial charge in [0.1, 0.15) is 5.82 Å². The van der Waals surface area contributed by atoms with Crippen LogP contribution < -0.4 is 10.6 Å². The van der Waals surface area contributed by atoms with Gasteiger partial charge in [0, 0.05) is 35.6 Å². The van der Waals surface area contributed by atoms with E-state index in [4.69, 9.17) is 0 Å². The van der Waals surface area contributed by atoms with Crippen LogP contribution in [-0.4, -0.2) is 25.4 Å². The zero-order valence-electron chi connectivity index (χ0n) is 15.3. The number of hydrogen-bond acceptors (Lipinski definition) is 7. The first-order valence-corrected chi connectivity index (χ1v) is 8.40. The fraction of sp³-hybridized carbons (Fsp3) is 0.211. The van der Waals surface area contributed by atoms with Crippen LogP contribution in [0.3, 0.4) is 0 Å². The first kappa shape index (κ1) is 18.2. The highest BCUT2D eigenvalue weighted by Gasteiger charge is 2.14. The molecule has 8 heteroatoms. The van der Waals surface area contributed by atoms with E-state index in [2.05, 4.69) is 25.6 Å². The van der Waals surface area contributed by atoms with Crippen molar-refractivity contribution in [3.8, 4) is 11.4 Å². The monoisotopic (exact) mass is 364 g/mol. The van der Waals surface area contributed by atoms with Crippen LogP contribution in [0.5, 0.6) is 0 Å². The van der Waals surface area contributed by atoms with Crippen LogP contribution in [0.25, 0.3) is 11.4 Å². The van der Waals surface area contributed by atoms with Gasteiger partial charge in [-0.1, -0.05) is 6.07 Å². The smallest absolute Gasteiger partial charge is 0.269 e. The lowest BCUT2D eigenvalue weighted by atomic mass is 10.1. The average Bonchev–Trinajstić information content (AvgIpc) is 2.61. The van der Waals surface area contributed by atoms with E-state index in [0.717, 1.165) is 5.69 Å². The van der Waals surface area contributed by atoms with Crippen LogP contribution in [0.2, 0.25) is 0 Å². The molecule has 8 nitrogen and oxygen atoms in total. The predicted molar refractivity (Wildman–Crippen MR) is 105 cm³/mol. The molecule has 2 N–H and O–H groups in total. The molecule has 0 aliphatic rings. The summed E-state index contributed by atoms with van der Waals surface area (Å²) in [5.74, 6) is 1.03. The van der Waals surface area contributed by atoms with Gasteiger partial charge in [-0.3, -0.25) is 15.1 Å². The fourth-order valence-electron chi connectivity index (χ4n) is 2.36. The van der Waals surface area contributed by atoms with E-state index in [1.165, 1.54) is 12.1 Å². The van der Waals surface area contributed by atoms with Gasteiger partial charge < -0.3 is 10.6 Å². The van der Waals surface area contributed by atoms with Crippen molar-refractivity contribution in [3.05, 3.63) is 64.8 Å². The van der Waals surface area contributed by atoms with E-state index >= 15 is 0 Å².